The van der Waals surface area contributed by atoms with Crippen LogP contribution in [0.1, 0.15) is 19.8 Å². The average Bonchev–Trinajstić information content (AvgIpc) is 2.29. The van der Waals surface area contributed by atoms with Crippen molar-refractivity contribution in [3.05, 3.63) is 0 Å². The van der Waals surface area contributed by atoms with Gasteiger partial charge in [-0.05, 0) is 13.3 Å². The molecule has 1 unspecified atom stereocenters. The molecule has 0 bridgehead atoms. The topological polar surface area (TPSA) is 86.7 Å². The van der Waals surface area contributed by atoms with Crippen LogP contribution in [-0.2, 0) is 28.7 Å². The van der Waals surface area contributed by atoms with Crippen molar-refractivity contribution >= 4 is 24.0 Å². The first-order valence-corrected chi connectivity index (χ1v) is 4.80. The van der Waals surface area contributed by atoms with E-state index in [0.29, 0.717) is 6.29 Å². The molecule has 0 amide bonds. The zero-order chi connectivity index (χ0) is 12.6. The lowest BCUT2D eigenvalue weighted by Crippen LogP contribution is -2.32. The second kappa shape index (κ2) is 7.56. The van der Waals surface area contributed by atoms with Gasteiger partial charge in [0, 0.05) is 6.42 Å². The van der Waals surface area contributed by atoms with E-state index in [4.69, 9.17) is 0 Å². The highest BCUT2D eigenvalue weighted by molar-refractivity contribution is 6.37. The summed E-state index contributed by atoms with van der Waals surface area (Å²) >= 11 is 0. The van der Waals surface area contributed by atoms with Crippen LogP contribution in [0.4, 0.5) is 0 Å². The smallest absolute Gasteiger partial charge is 0.375 e. The molecule has 0 aromatic rings. The first kappa shape index (κ1) is 14.3. The summed E-state index contributed by atoms with van der Waals surface area (Å²) in [6.07, 6.45) is 0.521. The van der Waals surface area contributed by atoms with E-state index in [9.17, 15) is 19.2 Å². The molecule has 0 aromatic carbocycles. The minimum atomic E-state index is -1.26. The maximum Gasteiger partial charge on any atom is 0.375 e. The third kappa shape index (κ3) is 4.20. The lowest BCUT2D eigenvalue weighted by Gasteiger charge is -2.10. The van der Waals surface area contributed by atoms with Gasteiger partial charge in [-0.25, -0.2) is 4.79 Å². The maximum atomic E-state index is 11.4. The predicted molar refractivity (Wildman–Crippen MR) is 52.4 cm³/mol. The highest BCUT2D eigenvalue weighted by Gasteiger charge is 2.32. The van der Waals surface area contributed by atoms with E-state index in [1.165, 1.54) is 0 Å². The fourth-order valence-electron chi connectivity index (χ4n) is 1.08. The molecule has 0 spiro atoms. The van der Waals surface area contributed by atoms with Gasteiger partial charge < -0.3 is 14.3 Å². The summed E-state index contributed by atoms with van der Waals surface area (Å²) in [5.41, 5.74) is 0. The Hall–Kier alpha value is -1.72. The molecule has 0 N–H and O–H groups in total. The molecule has 0 radical (unpaired) electrons. The second-order valence-electron chi connectivity index (χ2n) is 2.90. The summed E-state index contributed by atoms with van der Waals surface area (Å²) in [5.74, 6) is -4.14. The highest BCUT2D eigenvalue weighted by atomic mass is 16.5. The van der Waals surface area contributed by atoms with Gasteiger partial charge in [-0.3, -0.25) is 9.59 Å². The van der Waals surface area contributed by atoms with Gasteiger partial charge in [0.05, 0.1) is 13.7 Å². The van der Waals surface area contributed by atoms with E-state index in [1.54, 1.807) is 6.92 Å². The summed E-state index contributed by atoms with van der Waals surface area (Å²) in [6.45, 7) is 1.59. The number of ether oxygens (including phenoxy) is 2. The number of methoxy groups -OCH3 is 1. The lowest BCUT2D eigenvalue weighted by molar-refractivity contribution is -0.161. The van der Waals surface area contributed by atoms with E-state index in [1.807, 2.05) is 0 Å². The third-order valence-electron chi connectivity index (χ3n) is 1.85. The van der Waals surface area contributed by atoms with Gasteiger partial charge in [0.1, 0.15) is 12.2 Å². The van der Waals surface area contributed by atoms with Crippen molar-refractivity contribution in [3.8, 4) is 0 Å². The summed E-state index contributed by atoms with van der Waals surface area (Å²) < 4.78 is 8.85. The van der Waals surface area contributed by atoms with Crippen LogP contribution in [0.15, 0.2) is 0 Å². The van der Waals surface area contributed by atoms with Gasteiger partial charge in [-0.2, -0.15) is 0 Å². The molecule has 1 atom stereocenters. The molecule has 6 heteroatoms. The molecule has 0 saturated carbocycles. The van der Waals surface area contributed by atoms with E-state index in [0.717, 1.165) is 7.11 Å². The number of esters is 2. The van der Waals surface area contributed by atoms with Crippen LogP contribution in [0.2, 0.25) is 0 Å². The minimum absolute atomic E-state index is 0.00487. The largest absolute Gasteiger partial charge is 0.468 e. The number of hydrogen-bond donors (Lipinski definition) is 0. The summed E-state index contributed by atoms with van der Waals surface area (Å²) in [6, 6.07) is 0. The van der Waals surface area contributed by atoms with Gasteiger partial charge >= 0.3 is 11.9 Å². The molecule has 0 heterocycles. The van der Waals surface area contributed by atoms with E-state index in [2.05, 4.69) is 9.47 Å². The number of carbonyl (C=O) groups excluding carboxylic acids is 4. The van der Waals surface area contributed by atoms with Crippen LogP contribution in [-0.4, -0.2) is 37.7 Å². The van der Waals surface area contributed by atoms with Crippen molar-refractivity contribution in [1.82, 2.24) is 0 Å². The van der Waals surface area contributed by atoms with Crippen molar-refractivity contribution in [3.63, 3.8) is 0 Å². The molecule has 0 aromatic heterocycles. The monoisotopic (exact) mass is 230 g/mol. The van der Waals surface area contributed by atoms with Crippen LogP contribution in [0.25, 0.3) is 0 Å². The number of ketones is 1. The average molecular weight is 230 g/mol. The summed E-state index contributed by atoms with van der Waals surface area (Å²) in [5, 5.41) is 0. The number of Topliss-reactive ketones (excluding diaryl/α,β-unsaturated/α-hetero) is 1. The Morgan fingerprint density at radius 1 is 1.31 bits per heavy atom. The van der Waals surface area contributed by atoms with Gasteiger partial charge in [0.2, 0.25) is 0 Å². The molecule has 16 heavy (non-hydrogen) atoms. The highest BCUT2D eigenvalue weighted by Crippen LogP contribution is 2.10. The SMILES string of the molecule is CCOC(=O)C(=O)C(CCC=O)C(=O)OC. The molecule has 0 aliphatic rings. The standard InChI is InChI=1S/C10H14O6/c1-3-16-10(14)8(12)7(5-4-6-11)9(13)15-2/h6-7H,3-5H2,1-2H3. The first-order valence-electron chi connectivity index (χ1n) is 4.80. The van der Waals surface area contributed by atoms with E-state index < -0.39 is 23.6 Å². The Morgan fingerprint density at radius 2 is 1.94 bits per heavy atom. The Morgan fingerprint density at radius 3 is 2.38 bits per heavy atom. The number of hydrogen-bond acceptors (Lipinski definition) is 6. The Kier molecular flexibility index (Phi) is 6.74. The van der Waals surface area contributed by atoms with Gasteiger partial charge in [-0.15, -0.1) is 0 Å². The first-order chi connectivity index (χ1) is 7.58. The van der Waals surface area contributed by atoms with Crippen LogP contribution >= 0.6 is 0 Å². The van der Waals surface area contributed by atoms with Gasteiger partial charge in [0.15, 0.2) is 0 Å². The number of rotatable bonds is 7. The van der Waals surface area contributed by atoms with E-state index >= 15 is 0 Å². The molecule has 0 aliphatic heterocycles. The second-order valence-corrected chi connectivity index (χ2v) is 2.90. The molecular formula is C10H14O6. The number of aldehydes is 1. The van der Waals surface area contributed by atoms with Gasteiger partial charge in [0.25, 0.3) is 5.78 Å². The zero-order valence-electron chi connectivity index (χ0n) is 9.23. The Labute approximate surface area is 92.9 Å². The van der Waals surface area contributed by atoms with Gasteiger partial charge in [-0.1, -0.05) is 0 Å². The molecule has 0 rings (SSSR count). The summed E-state index contributed by atoms with van der Waals surface area (Å²) in [7, 11) is 1.11. The third-order valence-corrected chi connectivity index (χ3v) is 1.85. The molecular weight excluding hydrogens is 216 g/mol. The van der Waals surface area contributed by atoms with Crippen molar-refractivity contribution in [2.24, 2.45) is 5.92 Å². The molecule has 0 aliphatic carbocycles. The van der Waals surface area contributed by atoms with Crippen LogP contribution in [0.3, 0.4) is 0 Å². The lowest BCUT2D eigenvalue weighted by atomic mass is 9.99. The molecule has 6 nitrogen and oxygen atoms in total. The number of carbonyl (C=O) groups is 4. The fraction of sp³-hybridized carbons (Fsp3) is 0.600. The molecule has 90 valence electrons. The maximum absolute atomic E-state index is 11.4. The van der Waals surface area contributed by atoms with Crippen LogP contribution in [0, 0.1) is 5.92 Å². The fourth-order valence-corrected chi connectivity index (χ4v) is 1.08. The molecule has 0 saturated heterocycles. The van der Waals surface area contributed by atoms with E-state index in [-0.39, 0.29) is 19.4 Å². The Bertz CT molecular complexity index is 283. The zero-order valence-corrected chi connectivity index (χ0v) is 9.23. The van der Waals surface area contributed by atoms with Crippen LogP contribution < -0.4 is 0 Å². The predicted octanol–water partition coefficient (Wildman–Crippen LogP) is -0.113. The van der Waals surface area contributed by atoms with Crippen molar-refractivity contribution in [2.75, 3.05) is 13.7 Å². The van der Waals surface area contributed by atoms with Crippen LogP contribution in [0.5, 0.6) is 0 Å². The van der Waals surface area contributed by atoms with Crippen molar-refractivity contribution in [1.29, 1.82) is 0 Å². The Balaban J connectivity index is 4.60. The summed E-state index contributed by atoms with van der Waals surface area (Å²) in [4.78, 5) is 43.9. The quantitative estimate of drug-likeness (QED) is 0.262. The van der Waals surface area contributed by atoms with Crippen molar-refractivity contribution < 1.29 is 28.7 Å². The molecule has 0 fully saturated rings. The normalized spacial score (nSPS) is 11.4. The van der Waals surface area contributed by atoms with Crippen molar-refractivity contribution in [2.45, 2.75) is 19.8 Å². The minimum Gasteiger partial charge on any atom is -0.468 e.